The first-order valence-corrected chi connectivity index (χ1v) is 5.87. The van der Waals surface area contributed by atoms with Crippen molar-refractivity contribution in [2.24, 2.45) is 0 Å². The van der Waals surface area contributed by atoms with Gasteiger partial charge in [0.1, 0.15) is 12.3 Å². The van der Waals surface area contributed by atoms with Crippen molar-refractivity contribution in [2.75, 3.05) is 11.9 Å². The molecule has 2 N–H and O–H groups in total. The highest BCUT2D eigenvalue weighted by atomic mass is 16.5. The van der Waals surface area contributed by atoms with Crippen molar-refractivity contribution in [3.8, 4) is 0 Å². The van der Waals surface area contributed by atoms with E-state index in [4.69, 9.17) is 0 Å². The molecule has 1 aromatic carbocycles. The lowest BCUT2D eigenvalue weighted by Crippen LogP contribution is -2.38. The molecular formula is C13H13N3O2. The molecule has 1 unspecified atom stereocenters. The Morgan fingerprint density at radius 1 is 1.39 bits per heavy atom. The van der Waals surface area contributed by atoms with E-state index in [0.717, 1.165) is 18.5 Å². The van der Waals surface area contributed by atoms with Gasteiger partial charge in [0.25, 0.3) is 0 Å². The predicted molar refractivity (Wildman–Crippen MR) is 66.0 cm³/mol. The first-order valence-electron chi connectivity index (χ1n) is 5.87. The minimum Gasteiger partial charge on any atom is -0.363 e. The average molecular weight is 243 g/mol. The first kappa shape index (κ1) is 11.0. The molecule has 0 spiro atoms. The van der Waals surface area contributed by atoms with Crippen LogP contribution in [-0.4, -0.2) is 17.6 Å². The van der Waals surface area contributed by atoms with Crippen LogP contribution in [0, 0.1) is 0 Å². The fourth-order valence-electron chi connectivity index (χ4n) is 2.21. The summed E-state index contributed by atoms with van der Waals surface area (Å²) in [7, 11) is 0. The van der Waals surface area contributed by atoms with E-state index in [9.17, 15) is 4.79 Å². The SMILES string of the molecule is O=C(Nc1ccon1)C1NCCc2ccccc21. The van der Waals surface area contributed by atoms with Gasteiger partial charge in [-0.2, -0.15) is 0 Å². The predicted octanol–water partition coefficient (Wildman–Crippen LogP) is 1.50. The summed E-state index contributed by atoms with van der Waals surface area (Å²) in [5.41, 5.74) is 2.25. The maximum atomic E-state index is 12.2. The van der Waals surface area contributed by atoms with Gasteiger partial charge in [-0.25, -0.2) is 0 Å². The quantitative estimate of drug-likeness (QED) is 0.838. The molecule has 0 saturated heterocycles. The second-order valence-corrected chi connectivity index (χ2v) is 4.21. The number of benzene rings is 1. The number of anilines is 1. The van der Waals surface area contributed by atoms with E-state index in [1.54, 1.807) is 6.07 Å². The number of aromatic nitrogens is 1. The zero-order valence-corrected chi connectivity index (χ0v) is 9.72. The largest absolute Gasteiger partial charge is 0.363 e. The van der Waals surface area contributed by atoms with Gasteiger partial charge < -0.3 is 15.2 Å². The van der Waals surface area contributed by atoms with Crippen LogP contribution in [0.4, 0.5) is 5.82 Å². The molecule has 1 amide bonds. The second kappa shape index (κ2) is 4.62. The van der Waals surface area contributed by atoms with Crippen molar-refractivity contribution in [2.45, 2.75) is 12.5 Å². The summed E-state index contributed by atoms with van der Waals surface area (Å²) in [6, 6.07) is 9.28. The van der Waals surface area contributed by atoms with E-state index in [1.807, 2.05) is 18.2 Å². The molecule has 0 bridgehead atoms. The maximum Gasteiger partial charge on any atom is 0.247 e. The molecule has 1 aliphatic rings. The molecular weight excluding hydrogens is 230 g/mol. The Kier molecular flexibility index (Phi) is 2.82. The molecule has 0 saturated carbocycles. The molecule has 92 valence electrons. The summed E-state index contributed by atoms with van der Waals surface area (Å²) in [4.78, 5) is 12.2. The summed E-state index contributed by atoms with van der Waals surface area (Å²) in [6.45, 7) is 0.800. The highest BCUT2D eigenvalue weighted by Crippen LogP contribution is 2.23. The van der Waals surface area contributed by atoms with Gasteiger partial charge in [-0.3, -0.25) is 4.79 Å². The smallest absolute Gasteiger partial charge is 0.247 e. The number of hydrogen-bond donors (Lipinski definition) is 2. The van der Waals surface area contributed by atoms with E-state index in [-0.39, 0.29) is 11.9 Å². The van der Waals surface area contributed by atoms with Crippen LogP contribution >= 0.6 is 0 Å². The zero-order chi connectivity index (χ0) is 12.4. The van der Waals surface area contributed by atoms with Gasteiger partial charge >= 0.3 is 0 Å². The number of nitrogens with one attached hydrogen (secondary N) is 2. The first-order chi connectivity index (χ1) is 8.84. The summed E-state index contributed by atoms with van der Waals surface area (Å²) >= 11 is 0. The molecule has 5 heteroatoms. The minimum absolute atomic E-state index is 0.115. The lowest BCUT2D eigenvalue weighted by molar-refractivity contribution is -0.118. The summed E-state index contributed by atoms with van der Waals surface area (Å²) in [5.74, 6) is 0.320. The minimum atomic E-state index is -0.327. The fourth-order valence-corrected chi connectivity index (χ4v) is 2.21. The van der Waals surface area contributed by atoms with Gasteiger partial charge in [0.2, 0.25) is 5.91 Å². The Morgan fingerprint density at radius 3 is 3.11 bits per heavy atom. The van der Waals surface area contributed by atoms with Gasteiger partial charge in [0.15, 0.2) is 5.82 Å². The average Bonchev–Trinajstić information content (AvgIpc) is 2.91. The molecule has 18 heavy (non-hydrogen) atoms. The molecule has 2 heterocycles. The van der Waals surface area contributed by atoms with E-state index in [1.165, 1.54) is 11.8 Å². The van der Waals surface area contributed by atoms with E-state index >= 15 is 0 Å². The van der Waals surface area contributed by atoms with Crippen LogP contribution in [0.2, 0.25) is 0 Å². The lowest BCUT2D eigenvalue weighted by Gasteiger charge is -2.25. The molecule has 1 aromatic heterocycles. The van der Waals surface area contributed by atoms with Crippen LogP contribution in [0.25, 0.3) is 0 Å². The van der Waals surface area contributed by atoms with Crippen molar-refractivity contribution < 1.29 is 9.32 Å². The van der Waals surface area contributed by atoms with Crippen LogP contribution in [0.15, 0.2) is 41.1 Å². The molecule has 2 aromatic rings. The Hall–Kier alpha value is -2.14. The van der Waals surface area contributed by atoms with Crippen molar-refractivity contribution in [1.82, 2.24) is 10.5 Å². The number of carbonyl (C=O) groups excluding carboxylic acids is 1. The molecule has 5 nitrogen and oxygen atoms in total. The Balaban J connectivity index is 1.83. The van der Waals surface area contributed by atoms with Crippen LogP contribution in [0.1, 0.15) is 17.2 Å². The molecule has 1 aliphatic heterocycles. The van der Waals surface area contributed by atoms with Gasteiger partial charge in [-0.1, -0.05) is 29.4 Å². The van der Waals surface area contributed by atoms with Crippen LogP contribution < -0.4 is 10.6 Å². The number of rotatable bonds is 2. The van der Waals surface area contributed by atoms with Gasteiger partial charge in [0.05, 0.1) is 0 Å². The van der Waals surface area contributed by atoms with Crippen molar-refractivity contribution >= 4 is 11.7 Å². The van der Waals surface area contributed by atoms with E-state index < -0.39 is 0 Å². The highest BCUT2D eigenvalue weighted by molar-refractivity contribution is 5.95. The number of hydrogen-bond acceptors (Lipinski definition) is 4. The third-order valence-electron chi connectivity index (χ3n) is 3.06. The number of fused-ring (bicyclic) bond motifs is 1. The normalized spacial score (nSPS) is 18.1. The Bertz CT molecular complexity index is 551. The summed E-state index contributed by atoms with van der Waals surface area (Å²) in [6.07, 6.45) is 2.38. The standard InChI is InChI=1S/C13H13N3O2/c17-13(15-11-6-8-18-16-11)12-10-4-2-1-3-9(10)5-7-14-12/h1-4,6,8,12,14H,5,7H2,(H,15,16,17). The topological polar surface area (TPSA) is 67.2 Å². The maximum absolute atomic E-state index is 12.2. The molecule has 1 atom stereocenters. The molecule has 0 fully saturated rings. The zero-order valence-electron chi connectivity index (χ0n) is 9.72. The Morgan fingerprint density at radius 2 is 2.28 bits per heavy atom. The van der Waals surface area contributed by atoms with Crippen LogP contribution in [-0.2, 0) is 11.2 Å². The van der Waals surface area contributed by atoms with Crippen molar-refractivity contribution in [3.63, 3.8) is 0 Å². The van der Waals surface area contributed by atoms with Crippen molar-refractivity contribution in [1.29, 1.82) is 0 Å². The molecule has 3 rings (SSSR count). The number of nitrogens with zero attached hydrogens (tertiary/aromatic N) is 1. The number of amides is 1. The third-order valence-corrected chi connectivity index (χ3v) is 3.06. The second-order valence-electron chi connectivity index (χ2n) is 4.21. The van der Waals surface area contributed by atoms with Gasteiger partial charge in [-0.05, 0) is 17.5 Å². The summed E-state index contributed by atoms with van der Waals surface area (Å²) in [5, 5.41) is 9.62. The summed E-state index contributed by atoms with van der Waals surface area (Å²) < 4.78 is 4.69. The third kappa shape index (κ3) is 2.00. The monoisotopic (exact) mass is 243 g/mol. The Labute approximate surface area is 104 Å². The fraction of sp³-hybridized carbons (Fsp3) is 0.231. The van der Waals surface area contributed by atoms with Crippen molar-refractivity contribution in [3.05, 3.63) is 47.7 Å². The number of carbonyl (C=O) groups is 1. The van der Waals surface area contributed by atoms with E-state index in [0.29, 0.717) is 5.82 Å². The van der Waals surface area contributed by atoms with Gasteiger partial charge in [-0.15, -0.1) is 0 Å². The molecule has 0 aliphatic carbocycles. The molecule has 0 radical (unpaired) electrons. The highest BCUT2D eigenvalue weighted by Gasteiger charge is 2.25. The lowest BCUT2D eigenvalue weighted by atomic mass is 9.94. The van der Waals surface area contributed by atoms with Crippen LogP contribution in [0.3, 0.4) is 0 Å². The van der Waals surface area contributed by atoms with E-state index in [2.05, 4.69) is 26.4 Å². The van der Waals surface area contributed by atoms with Gasteiger partial charge in [0, 0.05) is 12.6 Å². The van der Waals surface area contributed by atoms with Crippen LogP contribution in [0.5, 0.6) is 0 Å².